The number of thioether (sulfide) groups is 1. The average molecular weight is 251 g/mol. The molecule has 0 spiro atoms. The molecule has 0 saturated carbocycles. The first-order valence-electron chi connectivity index (χ1n) is 5.52. The van der Waals surface area contributed by atoms with Gasteiger partial charge in [0.1, 0.15) is 5.78 Å². The van der Waals surface area contributed by atoms with E-state index in [2.05, 4.69) is 5.32 Å². The molecule has 0 aliphatic carbocycles. The smallest absolute Gasteiger partial charge is 0.221 e. The number of carbonyl (C=O) groups excluding carboxylic acids is 2. The van der Waals surface area contributed by atoms with Crippen LogP contribution in [-0.4, -0.2) is 17.4 Å². The third-order valence-electron chi connectivity index (χ3n) is 2.20. The Balaban J connectivity index is 2.51. The minimum Gasteiger partial charge on any atom is -0.326 e. The fraction of sp³-hybridized carbons (Fsp3) is 0.385. The highest BCUT2D eigenvalue weighted by Gasteiger charge is 2.07. The van der Waals surface area contributed by atoms with Gasteiger partial charge in [0.2, 0.25) is 5.91 Å². The zero-order valence-electron chi connectivity index (χ0n) is 10.3. The van der Waals surface area contributed by atoms with Crippen molar-refractivity contribution in [2.75, 3.05) is 11.1 Å². The summed E-state index contributed by atoms with van der Waals surface area (Å²) in [6.07, 6.45) is 0. The van der Waals surface area contributed by atoms with E-state index < -0.39 is 0 Å². The van der Waals surface area contributed by atoms with Crippen molar-refractivity contribution in [1.29, 1.82) is 0 Å². The Labute approximate surface area is 106 Å². The van der Waals surface area contributed by atoms with Gasteiger partial charge < -0.3 is 5.32 Å². The van der Waals surface area contributed by atoms with Crippen LogP contribution >= 0.6 is 11.8 Å². The van der Waals surface area contributed by atoms with Gasteiger partial charge in [0.05, 0.1) is 5.75 Å². The molecule has 3 nitrogen and oxygen atoms in total. The van der Waals surface area contributed by atoms with Crippen LogP contribution < -0.4 is 5.32 Å². The number of Topliss-reactive ketones (excluding diaryl/α,β-unsaturated/α-hetero) is 1. The molecule has 4 heteroatoms. The quantitative estimate of drug-likeness (QED) is 0.818. The van der Waals surface area contributed by atoms with Crippen LogP contribution in [0.2, 0.25) is 0 Å². The monoisotopic (exact) mass is 251 g/mol. The molecule has 1 N–H and O–H groups in total. The van der Waals surface area contributed by atoms with Gasteiger partial charge in [-0.2, -0.15) is 0 Å². The molecule has 0 unspecified atom stereocenters. The van der Waals surface area contributed by atoms with Crippen LogP contribution in [0.1, 0.15) is 20.8 Å². The van der Waals surface area contributed by atoms with Crippen LogP contribution in [0.5, 0.6) is 0 Å². The van der Waals surface area contributed by atoms with Crippen molar-refractivity contribution in [2.24, 2.45) is 5.92 Å². The summed E-state index contributed by atoms with van der Waals surface area (Å²) >= 11 is 1.52. The van der Waals surface area contributed by atoms with Gasteiger partial charge in [-0.25, -0.2) is 0 Å². The van der Waals surface area contributed by atoms with Crippen molar-refractivity contribution in [1.82, 2.24) is 0 Å². The zero-order valence-corrected chi connectivity index (χ0v) is 11.1. The lowest BCUT2D eigenvalue weighted by Crippen LogP contribution is -2.09. The highest BCUT2D eigenvalue weighted by atomic mass is 32.2. The third-order valence-corrected chi connectivity index (χ3v) is 3.23. The van der Waals surface area contributed by atoms with Crippen LogP contribution in [0.15, 0.2) is 29.2 Å². The maximum absolute atomic E-state index is 11.5. The van der Waals surface area contributed by atoms with E-state index in [-0.39, 0.29) is 17.6 Å². The van der Waals surface area contributed by atoms with E-state index in [1.807, 2.05) is 38.1 Å². The maximum Gasteiger partial charge on any atom is 0.221 e. The molecular weight excluding hydrogens is 234 g/mol. The summed E-state index contributed by atoms with van der Waals surface area (Å²) in [5, 5.41) is 2.70. The number of nitrogens with one attached hydrogen (secondary N) is 1. The number of benzene rings is 1. The van der Waals surface area contributed by atoms with Crippen molar-refractivity contribution >= 4 is 29.1 Å². The normalized spacial score (nSPS) is 10.4. The van der Waals surface area contributed by atoms with E-state index in [9.17, 15) is 9.59 Å². The molecule has 0 bridgehead atoms. The van der Waals surface area contributed by atoms with Crippen molar-refractivity contribution in [3.8, 4) is 0 Å². The second kappa shape index (κ2) is 6.45. The molecule has 1 rings (SSSR count). The highest BCUT2D eigenvalue weighted by molar-refractivity contribution is 8.00. The largest absolute Gasteiger partial charge is 0.326 e. The van der Waals surface area contributed by atoms with Gasteiger partial charge in [0.25, 0.3) is 0 Å². The number of hydrogen-bond acceptors (Lipinski definition) is 3. The molecule has 0 heterocycles. The summed E-state index contributed by atoms with van der Waals surface area (Å²) in [5.74, 6) is 0.749. The minimum atomic E-state index is -0.0830. The molecule has 0 aliphatic heterocycles. The molecule has 0 atom stereocenters. The Bertz CT molecular complexity index is 398. The predicted molar refractivity (Wildman–Crippen MR) is 71.3 cm³/mol. The van der Waals surface area contributed by atoms with Crippen molar-refractivity contribution in [3.05, 3.63) is 24.3 Å². The molecule has 1 amide bonds. The standard InChI is InChI=1S/C13H17NO2S/c1-9(2)13(16)8-17-12-6-4-11(5-7-12)14-10(3)15/h4-7,9H,8H2,1-3H3,(H,14,15). The molecule has 1 aromatic rings. The van der Waals surface area contributed by atoms with Crippen LogP contribution in [0.3, 0.4) is 0 Å². The van der Waals surface area contributed by atoms with Gasteiger partial charge in [-0.1, -0.05) is 13.8 Å². The van der Waals surface area contributed by atoms with Gasteiger partial charge in [-0.3, -0.25) is 9.59 Å². The van der Waals surface area contributed by atoms with Crippen molar-refractivity contribution in [2.45, 2.75) is 25.7 Å². The van der Waals surface area contributed by atoms with Gasteiger partial charge in [0.15, 0.2) is 0 Å². The summed E-state index contributed by atoms with van der Waals surface area (Å²) in [6.45, 7) is 5.29. The van der Waals surface area contributed by atoms with E-state index >= 15 is 0 Å². The summed E-state index contributed by atoms with van der Waals surface area (Å²) in [6, 6.07) is 7.49. The lowest BCUT2D eigenvalue weighted by atomic mass is 10.1. The van der Waals surface area contributed by atoms with Gasteiger partial charge in [0, 0.05) is 23.4 Å². The van der Waals surface area contributed by atoms with Crippen LogP contribution in [0, 0.1) is 5.92 Å². The number of amides is 1. The first-order chi connectivity index (χ1) is 7.99. The maximum atomic E-state index is 11.5. The molecule has 0 radical (unpaired) electrons. The SMILES string of the molecule is CC(=O)Nc1ccc(SCC(=O)C(C)C)cc1. The summed E-state index contributed by atoms with van der Waals surface area (Å²) in [5.41, 5.74) is 0.775. The highest BCUT2D eigenvalue weighted by Crippen LogP contribution is 2.21. The number of rotatable bonds is 5. The van der Waals surface area contributed by atoms with Crippen molar-refractivity contribution in [3.63, 3.8) is 0 Å². The summed E-state index contributed by atoms with van der Waals surface area (Å²) in [7, 11) is 0. The van der Waals surface area contributed by atoms with Gasteiger partial charge >= 0.3 is 0 Å². The second-order valence-corrected chi connectivity index (χ2v) is 5.16. The van der Waals surface area contributed by atoms with Gasteiger partial charge in [-0.15, -0.1) is 11.8 Å². The lowest BCUT2D eigenvalue weighted by Gasteiger charge is -2.05. The minimum absolute atomic E-state index is 0.0830. The van der Waals surface area contributed by atoms with E-state index in [1.54, 1.807) is 0 Å². The van der Waals surface area contributed by atoms with E-state index in [0.717, 1.165) is 10.6 Å². The van der Waals surface area contributed by atoms with E-state index in [1.165, 1.54) is 18.7 Å². The number of ketones is 1. The number of hydrogen-bond donors (Lipinski definition) is 1. The molecule has 17 heavy (non-hydrogen) atoms. The van der Waals surface area contributed by atoms with Crippen LogP contribution in [0.25, 0.3) is 0 Å². The Morgan fingerprint density at radius 3 is 2.29 bits per heavy atom. The molecule has 0 aliphatic rings. The Hall–Kier alpha value is -1.29. The average Bonchev–Trinajstić information content (AvgIpc) is 2.26. The first-order valence-corrected chi connectivity index (χ1v) is 6.50. The molecular formula is C13H17NO2S. The van der Waals surface area contributed by atoms with Crippen LogP contribution in [-0.2, 0) is 9.59 Å². The molecule has 0 aromatic heterocycles. The Morgan fingerprint density at radius 2 is 1.82 bits per heavy atom. The first kappa shape index (κ1) is 13.8. The molecule has 92 valence electrons. The number of carbonyl (C=O) groups is 2. The van der Waals surface area contributed by atoms with Crippen LogP contribution in [0.4, 0.5) is 5.69 Å². The third kappa shape index (κ3) is 5.04. The molecule has 0 fully saturated rings. The topological polar surface area (TPSA) is 46.2 Å². The zero-order chi connectivity index (χ0) is 12.8. The predicted octanol–water partition coefficient (Wildman–Crippen LogP) is 2.96. The summed E-state index contributed by atoms with van der Waals surface area (Å²) in [4.78, 5) is 23.3. The number of anilines is 1. The fourth-order valence-electron chi connectivity index (χ4n) is 1.16. The Kier molecular flexibility index (Phi) is 5.22. The summed E-state index contributed by atoms with van der Waals surface area (Å²) < 4.78 is 0. The molecule has 0 saturated heterocycles. The molecule has 1 aromatic carbocycles. The van der Waals surface area contributed by atoms with Gasteiger partial charge in [-0.05, 0) is 24.3 Å². The van der Waals surface area contributed by atoms with Crippen molar-refractivity contribution < 1.29 is 9.59 Å². The second-order valence-electron chi connectivity index (χ2n) is 4.12. The van der Waals surface area contributed by atoms with E-state index in [4.69, 9.17) is 0 Å². The lowest BCUT2D eigenvalue weighted by molar-refractivity contribution is -0.119. The van der Waals surface area contributed by atoms with E-state index in [0.29, 0.717) is 5.75 Å². The Morgan fingerprint density at radius 1 is 1.24 bits per heavy atom. The fourth-order valence-corrected chi connectivity index (χ4v) is 2.13.